The largest absolute Gasteiger partial charge is 0.353 e. The van der Waals surface area contributed by atoms with E-state index in [2.05, 4.69) is 15.6 Å². The van der Waals surface area contributed by atoms with Crippen LogP contribution in [0.15, 0.2) is 103 Å². The van der Waals surface area contributed by atoms with E-state index in [1.165, 1.54) is 0 Å². The number of aromatic nitrogens is 1. The van der Waals surface area contributed by atoms with Crippen molar-refractivity contribution < 1.29 is 19.2 Å². The highest BCUT2D eigenvalue weighted by atomic mass is 35.5. The number of hydrogen-bond donors (Lipinski definition) is 3. The zero-order valence-corrected chi connectivity index (χ0v) is 28.3. The van der Waals surface area contributed by atoms with Crippen LogP contribution < -0.4 is 10.6 Å². The molecule has 9 nitrogen and oxygen atoms in total. The summed E-state index contributed by atoms with van der Waals surface area (Å²) in [6.07, 6.45) is 3.35. The first kappa shape index (κ1) is 33.1. The maximum absolute atomic E-state index is 13.4. The van der Waals surface area contributed by atoms with Crippen molar-refractivity contribution in [3.63, 3.8) is 0 Å². The summed E-state index contributed by atoms with van der Waals surface area (Å²) in [7, 11) is 0. The standard InChI is InChI=1S/C40H38ClN5O4/c41-37-31-25-30(43-40(50)34-14-8-22-46(34)36(48)24-27-11-5-2-6-12-27)19-20-32(31)44-38(37)28-15-17-29(18-16-28)42-39(49)33-13-7-21-45(33)35(47)23-26-9-3-1-4-10-26/h1-6,9-12,15-20,25,33-34,44H,7-8,13-14,21-24H2,(H,42,49)(H,43,50)/t33?,34-/m0/s1. The Morgan fingerprint density at radius 2 is 1.16 bits per heavy atom. The lowest BCUT2D eigenvalue weighted by Crippen LogP contribution is -2.43. The minimum Gasteiger partial charge on any atom is -0.353 e. The molecule has 0 radical (unpaired) electrons. The molecular weight excluding hydrogens is 650 g/mol. The van der Waals surface area contributed by atoms with E-state index in [9.17, 15) is 19.2 Å². The van der Waals surface area contributed by atoms with Gasteiger partial charge in [-0.3, -0.25) is 19.2 Å². The van der Waals surface area contributed by atoms with Crippen LogP contribution in [0.3, 0.4) is 0 Å². The van der Waals surface area contributed by atoms with Crippen molar-refractivity contribution in [2.45, 2.75) is 50.6 Å². The van der Waals surface area contributed by atoms with Crippen LogP contribution in [0.5, 0.6) is 0 Å². The normalized spacial score (nSPS) is 17.2. The molecule has 0 saturated carbocycles. The smallest absolute Gasteiger partial charge is 0.247 e. The molecule has 3 heterocycles. The van der Waals surface area contributed by atoms with Crippen LogP contribution in [0.1, 0.15) is 36.8 Å². The number of rotatable bonds is 9. The molecule has 7 rings (SSSR count). The Bertz CT molecular complexity index is 2030. The van der Waals surface area contributed by atoms with E-state index in [4.69, 9.17) is 11.6 Å². The van der Waals surface area contributed by atoms with Gasteiger partial charge >= 0.3 is 0 Å². The minimum absolute atomic E-state index is 0.0465. The third kappa shape index (κ3) is 7.14. The molecule has 2 fully saturated rings. The third-order valence-electron chi connectivity index (χ3n) is 9.59. The van der Waals surface area contributed by atoms with Gasteiger partial charge in [0.2, 0.25) is 23.6 Å². The number of likely N-dealkylation sites (tertiary alicyclic amines) is 2. The first-order chi connectivity index (χ1) is 24.3. The lowest BCUT2D eigenvalue weighted by atomic mass is 10.1. The van der Waals surface area contributed by atoms with Gasteiger partial charge in [-0.1, -0.05) is 84.4 Å². The van der Waals surface area contributed by atoms with Crippen molar-refractivity contribution in [2.24, 2.45) is 0 Å². The highest BCUT2D eigenvalue weighted by molar-refractivity contribution is 6.38. The topological polar surface area (TPSA) is 115 Å². The fourth-order valence-corrected chi connectivity index (χ4v) is 7.34. The molecule has 2 saturated heterocycles. The quantitative estimate of drug-likeness (QED) is 0.158. The van der Waals surface area contributed by atoms with Gasteiger partial charge in [0.1, 0.15) is 12.1 Å². The van der Waals surface area contributed by atoms with Crippen molar-refractivity contribution in [1.29, 1.82) is 0 Å². The number of aromatic amines is 1. The van der Waals surface area contributed by atoms with Gasteiger partial charge in [-0.25, -0.2) is 0 Å². The lowest BCUT2D eigenvalue weighted by molar-refractivity contribution is -0.136. The highest BCUT2D eigenvalue weighted by Crippen LogP contribution is 2.36. The first-order valence-corrected chi connectivity index (χ1v) is 17.4. The number of H-pyrrole nitrogens is 1. The third-order valence-corrected chi connectivity index (χ3v) is 9.98. The molecule has 1 aromatic heterocycles. The SMILES string of the molecule is O=C(Nc1ccc(-c2[nH]c3ccc(NC(=O)[C@@H]4CCCN4C(=O)Cc4ccccc4)cc3c2Cl)cc1)C1CCCN1C(=O)Cc1ccccc1. The number of fused-ring (bicyclic) bond motifs is 1. The molecule has 0 bridgehead atoms. The van der Waals surface area contributed by atoms with Crippen molar-refractivity contribution in [3.8, 4) is 11.3 Å². The van der Waals surface area contributed by atoms with Crippen LogP contribution >= 0.6 is 11.6 Å². The number of amides is 4. The Morgan fingerprint density at radius 1 is 0.660 bits per heavy atom. The average molecular weight is 688 g/mol. The Morgan fingerprint density at radius 3 is 1.70 bits per heavy atom. The predicted octanol–water partition coefficient (Wildman–Crippen LogP) is 6.83. The van der Waals surface area contributed by atoms with Crippen LogP contribution in [0.2, 0.25) is 5.02 Å². The summed E-state index contributed by atoms with van der Waals surface area (Å²) in [5, 5.41) is 7.24. The number of carbonyl (C=O) groups is 4. The summed E-state index contributed by atoms with van der Waals surface area (Å²) in [6.45, 7) is 1.13. The Hall–Kier alpha value is -5.41. The summed E-state index contributed by atoms with van der Waals surface area (Å²) in [5.41, 5.74) is 5.43. The molecule has 2 aliphatic heterocycles. The van der Waals surface area contributed by atoms with Gasteiger partial charge in [-0.15, -0.1) is 0 Å². The molecule has 0 spiro atoms. The molecule has 2 atom stereocenters. The van der Waals surface area contributed by atoms with Gasteiger partial charge in [0.05, 0.1) is 23.6 Å². The van der Waals surface area contributed by atoms with Crippen LogP contribution in [0.25, 0.3) is 22.2 Å². The second kappa shape index (κ2) is 14.6. The molecule has 0 aliphatic carbocycles. The molecule has 3 N–H and O–H groups in total. The van der Waals surface area contributed by atoms with E-state index in [0.29, 0.717) is 48.0 Å². The van der Waals surface area contributed by atoms with Gasteiger partial charge in [0.25, 0.3) is 0 Å². The Labute approximate surface area is 295 Å². The van der Waals surface area contributed by atoms with E-state index in [1.54, 1.807) is 9.80 Å². The molecule has 1 unspecified atom stereocenters. The minimum atomic E-state index is -0.523. The molecule has 10 heteroatoms. The molecule has 254 valence electrons. The van der Waals surface area contributed by atoms with Gasteiger partial charge < -0.3 is 25.4 Å². The number of nitrogens with one attached hydrogen (secondary N) is 3. The Balaban J connectivity index is 0.991. The monoisotopic (exact) mass is 687 g/mol. The first-order valence-electron chi connectivity index (χ1n) is 17.0. The number of halogens is 1. The van der Waals surface area contributed by atoms with Crippen LogP contribution in [0, 0.1) is 0 Å². The highest BCUT2D eigenvalue weighted by Gasteiger charge is 2.35. The molecule has 2 aliphatic rings. The number of carbonyl (C=O) groups excluding carboxylic acids is 4. The van der Waals surface area contributed by atoms with E-state index < -0.39 is 12.1 Å². The molecule has 5 aromatic rings. The number of anilines is 2. The van der Waals surface area contributed by atoms with E-state index in [0.717, 1.165) is 40.4 Å². The predicted molar refractivity (Wildman–Crippen MR) is 196 cm³/mol. The average Bonchev–Trinajstić information content (AvgIpc) is 3.89. The molecule has 4 aromatic carbocycles. The maximum Gasteiger partial charge on any atom is 0.247 e. The van der Waals surface area contributed by atoms with Crippen molar-refractivity contribution in [2.75, 3.05) is 23.7 Å². The zero-order valence-electron chi connectivity index (χ0n) is 27.5. The van der Waals surface area contributed by atoms with Crippen LogP contribution in [-0.2, 0) is 32.0 Å². The Kier molecular flexibility index (Phi) is 9.67. The summed E-state index contributed by atoms with van der Waals surface area (Å²) >= 11 is 6.88. The number of benzene rings is 4. The van der Waals surface area contributed by atoms with Crippen molar-refractivity contribution >= 4 is 57.5 Å². The summed E-state index contributed by atoms with van der Waals surface area (Å²) in [6, 6.07) is 31.0. The molecule has 4 amide bonds. The van der Waals surface area contributed by atoms with Crippen molar-refractivity contribution in [3.05, 3.63) is 119 Å². The lowest BCUT2D eigenvalue weighted by Gasteiger charge is -2.24. The number of hydrogen-bond acceptors (Lipinski definition) is 4. The summed E-state index contributed by atoms with van der Waals surface area (Å²) in [4.78, 5) is 59.4. The van der Waals surface area contributed by atoms with E-state index in [1.807, 2.05) is 103 Å². The van der Waals surface area contributed by atoms with Crippen molar-refractivity contribution in [1.82, 2.24) is 14.8 Å². The van der Waals surface area contributed by atoms with Gasteiger partial charge in [0.15, 0.2) is 0 Å². The summed E-state index contributed by atoms with van der Waals surface area (Å²) < 4.78 is 0. The second-order valence-corrected chi connectivity index (χ2v) is 13.3. The fraction of sp³-hybridized carbons (Fsp3) is 0.250. The van der Waals surface area contributed by atoms with Gasteiger partial charge in [0, 0.05) is 35.4 Å². The van der Waals surface area contributed by atoms with Gasteiger partial charge in [-0.2, -0.15) is 0 Å². The van der Waals surface area contributed by atoms with E-state index >= 15 is 0 Å². The second-order valence-electron chi connectivity index (χ2n) is 12.9. The molecular formula is C40H38ClN5O4. The van der Waals surface area contributed by atoms with E-state index in [-0.39, 0.29) is 36.5 Å². The maximum atomic E-state index is 13.4. The van der Waals surface area contributed by atoms with Crippen LogP contribution in [0.4, 0.5) is 11.4 Å². The summed E-state index contributed by atoms with van der Waals surface area (Å²) in [5.74, 6) is -0.511. The van der Waals surface area contributed by atoms with Gasteiger partial charge in [-0.05, 0) is 72.7 Å². The number of nitrogens with zero attached hydrogens (tertiary/aromatic N) is 2. The zero-order chi connectivity index (χ0) is 34.6. The fourth-order valence-electron chi connectivity index (χ4n) is 7.03. The molecule has 50 heavy (non-hydrogen) atoms. The van der Waals surface area contributed by atoms with Crippen LogP contribution in [-0.4, -0.2) is 63.6 Å².